The van der Waals surface area contributed by atoms with Gasteiger partial charge in [-0.25, -0.2) is 0 Å². The van der Waals surface area contributed by atoms with Crippen LogP contribution in [-0.4, -0.2) is 7.11 Å². The molecule has 2 aromatic carbocycles. The highest BCUT2D eigenvalue weighted by Gasteiger charge is 2.15. The number of hydrogen-bond acceptors (Lipinski definition) is 1. The van der Waals surface area contributed by atoms with Gasteiger partial charge in [-0.3, -0.25) is 0 Å². The monoisotopic (exact) mass is 402 g/mol. The van der Waals surface area contributed by atoms with Crippen LogP contribution >= 0.6 is 43.5 Å². The molecule has 19 heavy (non-hydrogen) atoms. The Kier molecular flexibility index (Phi) is 4.93. The number of halogens is 3. The van der Waals surface area contributed by atoms with Gasteiger partial charge < -0.3 is 4.74 Å². The van der Waals surface area contributed by atoms with Crippen molar-refractivity contribution in [2.45, 2.75) is 12.3 Å². The van der Waals surface area contributed by atoms with E-state index in [1.807, 2.05) is 37.3 Å². The molecule has 1 nitrogen and oxygen atoms in total. The van der Waals surface area contributed by atoms with Crippen LogP contribution in [0.3, 0.4) is 0 Å². The zero-order valence-corrected chi connectivity index (χ0v) is 14.5. The van der Waals surface area contributed by atoms with Crippen LogP contribution in [0.4, 0.5) is 0 Å². The second kappa shape index (κ2) is 6.29. The molecule has 0 radical (unpaired) electrons. The van der Waals surface area contributed by atoms with Crippen LogP contribution in [0.15, 0.2) is 45.3 Å². The maximum Gasteiger partial charge on any atom is 0.121 e. The highest BCUT2D eigenvalue weighted by molar-refractivity contribution is 9.11. The third-order valence-electron chi connectivity index (χ3n) is 2.95. The SMILES string of the molecule is COc1ccc(C(Cl)c2ccc(Br)cc2Br)cc1C. The smallest absolute Gasteiger partial charge is 0.121 e. The van der Waals surface area contributed by atoms with Crippen LogP contribution < -0.4 is 4.74 Å². The average Bonchev–Trinajstić information content (AvgIpc) is 2.38. The van der Waals surface area contributed by atoms with Crippen molar-refractivity contribution in [1.29, 1.82) is 0 Å². The lowest BCUT2D eigenvalue weighted by atomic mass is 10.0. The minimum absolute atomic E-state index is 0.188. The Balaban J connectivity index is 2.38. The van der Waals surface area contributed by atoms with E-state index in [1.165, 1.54) is 0 Å². The number of aryl methyl sites for hydroxylation is 1. The van der Waals surface area contributed by atoms with Crippen LogP contribution in [0, 0.1) is 6.92 Å². The second-order valence-electron chi connectivity index (χ2n) is 4.26. The van der Waals surface area contributed by atoms with Gasteiger partial charge in [0.25, 0.3) is 0 Å². The zero-order chi connectivity index (χ0) is 14.0. The Morgan fingerprint density at radius 3 is 2.42 bits per heavy atom. The Hall–Kier alpha value is -0.510. The van der Waals surface area contributed by atoms with Crippen LogP contribution in [0.2, 0.25) is 0 Å². The summed E-state index contributed by atoms with van der Waals surface area (Å²) in [6.45, 7) is 2.02. The molecule has 0 aliphatic heterocycles. The van der Waals surface area contributed by atoms with Crippen LogP contribution in [0.25, 0.3) is 0 Å². The Morgan fingerprint density at radius 1 is 1.11 bits per heavy atom. The van der Waals surface area contributed by atoms with Gasteiger partial charge in [-0.1, -0.05) is 50.1 Å². The lowest BCUT2D eigenvalue weighted by Gasteiger charge is -2.14. The van der Waals surface area contributed by atoms with Crippen molar-refractivity contribution < 1.29 is 4.74 Å². The molecule has 2 aromatic rings. The molecule has 0 aromatic heterocycles. The summed E-state index contributed by atoms with van der Waals surface area (Å²) in [7, 11) is 1.67. The Morgan fingerprint density at radius 2 is 1.84 bits per heavy atom. The number of rotatable bonds is 3. The Labute approximate surface area is 135 Å². The molecule has 0 saturated heterocycles. The van der Waals surface area contributed by atoms with E-state index in [-0.39, 0.29) is 5.38 Å². The molecule has 1 atom stereocenters. The van der Waals surface area contributed by atoms with Gasteiger partial charge in [0, 0.05) is 8.95 Å². The van der Waals surface area contributed by atoms with E-state index in [0.717, 1.165) is 31.4 Å². The van der Waals surface area contributed by atoms with E-state index in [1.54, 1.807) is 7.11 Å². The van der Waals surface area contributed by atoms with E-state index in [2.05, 4.69) is 37.9 Å². The van der Waals surface area contributed by atoms with Gasteiger partial charge >= 0.3 is 0 Å². The number of alkyl halides is 1. The summed E-state index contributed by atoms with van der Waals surface area (Å²) in [6.07, 6.45) is 0. The molecule has 1 unspecified atom stereocenters. The van der Waals surface area contributed by atoms with Crippen molar-refractivity contribution in [3.05, 3.63) is 62.0 Å². The van der Waals surface area contributed by atoms with Gasteiger partial charge in [0.1, 0.15) is 5.75 Å². The molecule has 0 bridgehead atoms. The summed E-state index contributed by atoms with van der Waals surface area (Å²) in [5.74, 6) is 0.877. The largest absolute Gasteiger partial charge is 0.496 e. The summed E-state index contributed by atoms with van der Waals surface area (Å²) >= 11 is 13.6. The maximum atomic E-state index is 6.57. The molecular weight excluding hydrogens is 391 g/mol. The summed E-state index contributed by atoms with van der Waals surface area (Å²) in [5, 5.41) is -0.188. The summed E-state index contributed by atoms with van der Waals surface area (Å²) in [4.78, 5) is 0. The predicted octanol–water partition coefficient (Wildman–Crippen LogP) is 5.86. The molecule has 0 saturated carbocycles. The second-order valence-corrected chi connectivity index (χ2v) is 6.46. The van der Waals surface area contributed by atoms with Gasteiger partial charge in [0.2, 0.25) is 0 Å². The topological polar surface area (TPSA) is 9.23 Å². The maximum absolute atomic E-state index is 6.57. The summed E-state index contributed by atoms with van der Waals surface area (Å²) in [6, 6.07) is 12.0. The standard InChI is InChI=1S/C15H13Br2ClO/c1-9-7-10(3-6-14(9)19-2)15(18)12-5-4-11(16)8-13(12)17/h3-8,15H,1-2H3. The lowest BCUT2D eigenvalue weighted by molar-refractivity contribution is 0.411. The molecule has 0 N–H and O–H groups in total. The van der Waals surface area contributed by atoms with Gasteiger partial charge in [-0.2, -0.15) is 0 Å². The van der Waals surface area contributed by atoms with Crippen molar-refractivity contribution >= 4 is 43.5 Å². The van der Waals surface area contributed by atoms with Crippen LogP contribution in [0.5, 0.6) is 5.75 Å². The Bertz CT molecular complexity index is 599. The molecule has 100 valence electrons. The van der Waals surface area contributed by atoms with Gasteiger partial charge in [0.15, 0.2) is 0 Å². The molecule has 0 fully saturated rings. The van der Waals surface area contributed by atoms with Crippen molar-refractivity contribution in [2.75, 3.05) is 7.11 Å². The molecule has 0 heterocycles. The van der Waals surface area contributed by atoms with E-state index in [9.17, 15) is 0 Å². The normalized spacial score (nSPS) is 12.3. The van der Waals surface area contributed by atoms with Crippen molar-refractivity contribution in [3.63, 3.8) is 0 Å². The number of hydrogen-bond donors (Lipinski definition) is 0. The van der Waals surface area contributed by atoms with Gasteiger partial charge in [-0.05, 0) is 41.8 Å². The minimum Gasteiger partial charge on any atom is -0.496 e. The molecule has 4 heteroatoms. The number of methoxy groups -OCH3 is 1. The highest BCUT2D eigenvalue weighted by atomic mass is 79.9. The van der Waals surface area contributed by atoms with Crippen molar-refractivity contribution in [1.82, 2.24) is 0 Å². The van der Waals surface area contributed by atoms with E-state index >= 15 is 0 Å². The van der Waals surface area contributed by atoms with Crippen molar-refractivity contribution in [3.8, 4) is 5.75 Å². The molecule has 0 amide bonds. The molecule has 0 spiro atoms. The van der Waals surface area contributed by atoms with Crippen LogP contribution in [0.1, 0.15) is 22.1 Å². The summed E-state index contributed by atoms with van der Waals surface area (Å²) < 4.78 is 7.29. The first-order valence-corrected chi connectivity index (χ1v) is 7.78. The lowest BCUT2D eigenvalue weighted by Crippen LogP contribution is -1.96. The van der Waals surface area contributed by atoms with E-state index in [0.29, 0.717) is 0 Å². The minimum atomic E-state index is -0.188. The van der Waals surface area contributed by atoms with Crippen molar-refractivity contribution in [2.24, 2.45) is 0 Å². The number of ether oxygens (including phenoxy) is 1. The molecule has 2 rings (SSSR count). The summed E-state index contributed by atoms with van der Waals surface area (Å²) in [5.41, 5.74) is 3.19. The first-order chi connectivity index (χ1) is 9.02. The zero-order valence-electron chi connectivity index (χ0n) is 10.6. The number of benzene rings is 2. The van der Waals surface area contributed by atoms with Crippen LogP contribution in [-0.2, 0) is 0 Å². The molecular formula is C15H13Br2ClO. The van der Waals surface area contributed by atoms with E-state index in [4.69, 9.17) is 16.3 Å². The van der Waals surface area contributed by atoms with Gasteiger partial charge in [0.05, 0.1) is 12.5 Å². The fourth-order valence-corrected chi connectivity index (χ4v) is 3.68. The first kappa shape index (κ1) is 14.9. The first-order valence-electron chi connectivity index (χ1n) is 5.76. The predicted molar refractivity (Wildman–Crippen MR) is 87.3 cm³/mol. The average molecular weight is 405 g/mol. The molecule has 0 aliphatic carbocycles. The molecule has 0 aliphatic rings. The third kappa shape index (κ3) is 3.33. The van der Waals surface area contributed by atoms with Gasteiger partial charge in [-0.15, -0.1) is 11.6 Å². The highest BCUT2D eigenvalue weighted by Crippen LogP contribution is 2.36. The fraction of sp³-hybridized carbons (Fsp3) is 0.200. The third-order valence-corrected chi connectivity index (χ3v) is 4.61. The van der Waals surface area contributed by atoms with E-state index < -0.39 is 0 Å². The fourth-order valence-electron chi connectivity index (χ4n) is 1.95. The quantitative estimate of drug-likeness (QED) is 0.583.